The molecule has 1 fully saturated rings. The minimum absolute atomic E-state index is 0.438. The average Bonchev–Trinajstić information content (AvgIpc) is 2.33. The molecule has 0 saturated carbocycles. The monoisotopic (exact) mass is 223 g/mol. The quantitative estimate of drug-likeness (QED) is 0.824. The highest BCUT2D eigenvalue weighted by Gasteiger charge is 2.13. The Hall–Kier alpha value is -1.20. The van der Waals surface area contributed by atoms with Crippen LogP contribution in [0.3, 0.4) is 0 Å². The maximum Gasteiger partial charge on any atom is 0.141 e. The molecule has 88 valence electrons. The molecule has 1 aliphatic heterocycles. The SMILES string of the molecule is Nc1cnc(COCC2CCOCC2)cn1. The Labute approximate surface area is 95.0 Å². The van der Waals surface area contributed by atoms with Crippen molar-refractivity contribution in [1.82, 2.24) is 9.97 Å². The number of hydrogen-bond acceptors (Lipinski definition) is 5. The molecule has 1 aromatic rings. The van der Waals surface area contributed by atoms with E-state index in [-0.39, 0.29) is 0 Å². The summed E-state index contributed by atoms with van der Waals surface area (Å²) in [6.45, 7) is 2.99. The van der Waals surface area contributed by atoms with Gasteiger partial charge < -0.3 is 15.2 Å². The van der Waals surface area contributed by atoms with Crippen LogP contribution >= 0.6 is 0 Å². The number of hydrogen-bond donors (Lipinski definition) is 1. The lowest BCUT2D eigenvalue weighted by Gasteiger charge is -2.21. The number of nitrogen functional groups attached to an aromatic ring is 1. The molecule has 2 N–H and O–H groups in total. The summed E-state index contributed by atoms with van der Waals surface area (Å²) in [4.78, 5) is 8.08. The molecular formula is C11H17N3O2. The Bertz CT molecular complexity index is 310. The van der Waals surface area contributed by atoms with Crippen LogP contribution in [0, 0.1) is 5.92 Å². The van der Waals surface area contributed by atoms with Crippen LogP contribution in [0.5, 0.6) is 0 Å². The van der Waals surface area contributed by atoms with Gasteiger partial charge in [-0.2, -0.15) is 0 Å². The van der Waals surface area contributed by atoms with Crippen LogP contribution in [0.25, 0.3) is 0 Å². The van der Waals surface area contributed by atoms with Crippen molar-refractivity contribution in [2.24, 2.45) is 5.92 Å². The zero-order valence-corrected chi connectivity index (χ0v) is 9.26. The second kappa shape index (κ2) is 5.77. The summed E-state index contributed by atoms with van der Waals surface area (Å²) in [5.74, 6) is 1.06. The summed E-state index contributed by atoms with van der Waals surface area (Å²) < 4.78 is 10.9. The average molecular weight is 223 g/mol. The van der Waals surface area contributed by atoms with E-state index in [0.717, 1.165) is 38.4 Å². The van der Waals surface area contributed by atoms with Crippen molar-refractivity contribution in [2.45, 2.75) is 19.4 Å². The van der Waals surface area contributed by atoms with E-state index < -0.39 is 0 Å². The zero-order valence-electron chi connectivity index (χ0n) is 9.26. The van der Waals surface area contributed by atoms with E-state index >= 15 is 0 Å². The maximum atomic E-state index is 5.60. The summed E-state index contributed by atoms with van der Waals surface area (Å²) in [5.41, 5.74) is 6.26. The van der Waals surface area contributed by atoms with Crippen molar-refractivity contribution in [3.63, 3.8) is 0 Å². The minimum Gasteiger partial charge on any atom is -0.382 e. The second-order valence-electron chi connectivity index (χ2n) is 4.00. The second-order valence-corrected chi connectivity index (χ2v) is 4.00. The van der Waals surface area contributed by atoms with Gasteiger partial charge in [0, 0.05) is 13.2 Å². The van der Waals surface area contributed by atoms with Crippen LogP contribution < -0.4 is 5.73 Å². The fourth-order valence-corrected chi connectivity index (χ4v) is 1.68. The number of ether oxygens (including phenoxy) is 2. The van der Waals surface area contributed by atoms with Gasteiger partial charge in [0.05, 0.1) is 31.3 Å². The van der Waals surface area contributed by atoms with Gasteiger partial charge in [-0.3, -0.25) is 4.98 Å². The van der Waals surface area contributed by atoms with Gasteiger partial charge in [-0.1, -0.05) is 0 Å². The Kier molecular flexibility index (Phi) is 4.07. The van der Waals surface area contributed by atoms with Gasteiger partial charge in [-0.25, -0.2) is 4.98 Å². The van der Waals surface area contributed by atoms with Gasteiger partial charge in [-0.15, -0.1) is 0 Å². The zero-order chi connectivity index (χ0) is 11.2. The molecule has 0 amide bonds. The number of aromatic nitrogens is 2. The highest BCUT2D eigenvalue weighted by molar-refractivity contribution is 5.22. The maximum absolute atomic E-state index is 5.60. The van der Waals surface area contributed by atoms with Crippen LogP contribution in [-0.4, -0.2) is 29.8 Å². The number of rotatable bonds is 4. The molecule has 5 heteroatoms. The van der Waals surface area contributed by atoms with E-state index in [1.54, 1.807) is 12.4 Å². The molecule has 1 aromatic heterocycles. The molecule has 0 bridgehead atoms. The first kappa shape index (κ1) is 11.3. The van der Waals surface area contributed by atoms with Gasteiger partial charge in [0.15, 0.2) is 0 Å². The molecule has 0 radical (unpaired) electrons. The Morgan fingerprint density at radius 3 is 2.81 bits per heavy atom. The van der Waals surface area contributed by atoms with E-state index in [4.69, 9.17) is 15.2 Å². The molecule has 0 unspecified atom stereocenters. The Balaban J connectivity index is 1.69. The van der Waals surface area contributed by atoms with Gasteiger partial charge in [0.2, 0.25) is 0 Å². The van der Waals surface area contributed by atoms with Crippen molar-refractivity contribution in [3.8, 4) is 0 Å². The van der Waals surface area contributed by atoms with Crippen molar-refractivity contribution < 1.29 is 9.47 Å². The molecule has 0 atom stereocenters. The van der Waals surface area contributed by atoms with E-state index in [1.807, 2.05) is 0 Å². The number of anilines is 1. The Morgan fingerprint density at radius 1 is 1.31 bits per heavy atom. The molecule has 0 aliphatic carbocycles. The predicted molar refractivity (Wildman–Crippen MR) is 59.6 cm³/mol. The number of nitrogens with two attached hydrogens (primary N) is 1. The lowest BCUT2D eigenvalue weighted by atomic mass is 10.0. The third kappa shape index (κ3) is 3.43. The molecule has 1 aliphatic rings. The van der Waals surface area contributed by atoms with E-state index in [2.05, 4.69) is 9.97 Å². The van der Waals surface area contributed by atoms with Gasteiger partial charge in [0.25, 0.3) is 0 Å². The van der Waals surface area contributed by atoms with Crippen LogP contribution in [0.4, 0.5) is 5.82 Å². The van der Waals surface area contributed by atoms with Crippen molar-refractivity contribution in [3.05, 3.63) is 18.1 Å². The molecule has 0 aromatic carbocycles. The van der Waals surface area contributed by atoms with Crippen LogP contribution in [0.2, 0.25) is 0 Å². The van der Waals surface area contributed by atoms with E-state index in [1.165, 1.54) is 0 Å². The van der Waals surface area contributed by atoms with E-state index in [9.17, 15) is 0 Å². The summed E-state index contributed by atoms with van der Waals surface area (Å²) in [6.07, 6.45) is 5.38. The largest absolute Gasteiger partial charge is 0.382 e. The topological polar surface area (TPSA) is 70.3 Å². The molecule has 0 spiro atoms. The Morgan fingerprint density at radius 2 is 2.12 bits per heavy atom. The molecule has 5 nitrogen and oxygen atoms in total. The molecule has 16 heavy (non-hydrogen) atoms. The van der Waals surface area contributed by atoms with Gasteiger partial charge in [-0.05, 0) is 18.8 Å². The summed E-state index contributed by atoms with van der Waals surface area (Å²) in [7, 11) is 0. The first-order valence-corrected chi connectivity index (χ1v) is 5.56. The molecule has 2 rings (SSSR count). The van der Waals surface area contributed by atoms with Crippen molar-refractivity contribution >= 4 is 5.82 Å². The summed E-state index contributed by atoms with van der Waals surface area (Å²) >= 11 is 0. The van der Waals surface area contributed by atoms with Crippen LogP contribution in [0.1, 0.15) is 18.5 Å². The molecular weight excluding hydrogens is 206 g/mol. The smallest absolute Gasteiger partial charge is 0.141 e. The highest BCUT2D eigenvalue weighted by Crippen LogP contribution is 2.15. The third-order valence-corrected chi connectivity index (χ3v) is 2.67. The first-order chi connectivity index (χ1) is 7.84. The van der Waals surface area contributed by atoms with E-state index in [0.29, 0.717) is 18.3 Å². The first-order valence-electron chi connectivity index (χ1n) is 5.56. The van der Waals surface area contributed by atoms with Crippen LogP contribution in [-0.2, 0) is 16.1 Å². The minimum atomic E-state index is 0.438. The standard InChI is InChI=1S/C11H17N3O2/c12-11-6-13-10(5-14-11)8-16-7-9-1-3-15-4-2-9/h5-6,9H,1-4,7-8H2,(H2,12,14). The fraction of sp³-hybridized carbons (Fsp3) is 0.636. The van der Waals surface area contributed by atoms with Crippen LogP contribution in [0.15, 0.2) is 12.4 Å². The normalized spacial score (nSPS) is 17.5. The molecule has 2 heterocycles. The van der Waals surface area contributed by atoms with Crippen molar-refractivity contribution in [1.29, 1.82) is 0 Å². The van der Waals surface area contributed by atoms with Gasteiger partial charge in [0.1, 0.15) is 5.82 Å². The fourth-order valence-electron chi connectivity index (χ4n) is 1.68. The van der Waals surface area contributed by atoms with Crippen molar-refractivity contribution in [2.75, 3.05) is 25.6 Å². The lowest BCUT2D eigenvalue weighted by Crippen LogP contribution is -2.20. The summed E-state index contributed by atoms with van der Waals surface area (Å²) in [6, 6.07) is 0. The molecule has 1 saturated heterocycles. The summed E-state index contributed by atoms with van der Waals surface area (Å²) in [5, 5.41) is 0. The predicted octanol–water partition coefficient (Wildman–Crippen LogP) is 1.00. The lowest BCUT2D eigenvalue weighted by molar-refractivity contribution is 0.0149. The van der Waals surface area contributed by atoms with Gasteiger partial charge >= 0.3 is 0 Å². The third-order valence-electron chi connectivity index (χ3n) is 2.67. The number of nitrogens with zero attached hydrogens (tertiary/aromatic N) is 2. The highest BCUT2D eigenvalue weighted by atomic mass is 16.5.